The van der Waals surface area contributed by atoms with Crippen LogP contribution in [0.2, 0.25) is 0 Å². The van der Waals surface area contributed by atoms with Crippen LogP contribution in [0.15, 0.2) is 29.5 Å². The van der Waals surface area contributed by atoms with E-state index in [9.17, 15) is 4.79 Å². The molecule has 0 bridgehead atoms. The van der Waals surface area contributed by atoms with Crippen LogP contribution in [0.5, 0.6) is 0 Å². The number of anilines is 1. The van der Waals surface area contributed by atoms with Crippen molar-refractivity contribution in [1.82, 2.24) is 0 Å². The molecule has 1 aromatic heterocycles. The van der Waals surface area contributed by atoms with Gasteiger partial charge in [0.2, 0.25) is 0 Å². The molecule has 1 N–H and O–H groups in total. The predicted molar refractivity (Wildman–Crippen MR) is 44.2 cm³/mol. The number of carbonyl (C=O) groups excluding carboxylic acids is 1. The fourth-order valence-corrected chi connectivity index (χ4v) is 1.12. The fourth-order valence-electron chi connectivity index (χ4n) is 1.12. The van der Waals surface area contributed by atoms with Gasteiger partial charge in [-0.25, -0.2) is 14.8 Å². The molecule has 1 aliphatic heterocycles. The Morgan fingerprint density at radius 3 is 2.75 bits per heavy atom. The molecule has 0 aromatic carbocycles. The van der Waals surface area contributed by atoms with Crippen molar-refractivity contribution in [2.45, 2.75) is 0 Å². The molecule has 0 atom stereocenters. The van der Waals surface area contributed by atoms with Gasteiger partial charge in [0.05, 0.1) is 12.2 Å². The van der Waals surface area contributed by atoms with E-state index in [0.717, 1.165) is 5.69 Å². The van der Waals surface area contributed by atoms with Crippen LogP contribution in [0.1, 0.15) is 0 Å². The first-order chi connectivity index (χ1) is 5.88. The number of hydrogen-bond acceptors (Lipinski definition) is 1. The van der Waals surface area contributed by atoms with E-state index in [0.29, 0.717) is 6.54 Å². The lowest BCUT2D eigenvalue weighted by Gasteiger charge is -2.11. The van der Waals surface area contributed by atoms with Crippen molar-refractivity contribution in [2.24, 2.45) is 4.99 Å². The van der Waals surface area contributed by atoms with Crippen molar-refractivity contribution in [3.8, 4) is 0 Å². The number of H-pyrrole nitrogens is 1. The van der Waals surface area contributed by atoms with Gasteiger partial charge in [-0.2, -0.15) is 0 Å². The molecule has 60 valence electrons. The van der Waals surface area contributed by atoms with Gasteiger partial charge in [0.25, 0.3) is 0 Å². The number of carbonyl (C=O) groups is 1. The summed E-state index contributed by atoms with van der Waals surface area (Å²) < 4.78 is 0. The number of amides is 2. The number of aromatic nitrogens is 1. The Hall–Kier alpha value is -1.71. The summed E-state index contributed by atoms with van der Waals surface area (Å²) in [7, 11) is 0. The summed E-state index contributed by atoms with van der Waals surface area (Å²) in [6.45, 7) is 0.572. The summed E-state index contributed by atoms with van der Waals surface area (Å²) >= 11 is 0. The van der Waals surface area contributed by atoms with Crippen molar-refractivity contribution < 1.29 is 9.78 Å². The van der Waals surface area contributed by atoms with E-state index < -0.39 is 0 Å². The SMILES string of the molecule is O=C1N=CCN1c1cc[nH+]cc1. The van der Waals surface area contributed by atoms with Gasteiger partial charge in [0, 0.05) is 18.3 Å². The molecule has 12 heavy (non-hydrogen) atoms. The molecule has 2 heterocycles. The highest BCUT2D eigenvalue weighted by molar-refractivity contribution is 6.04. The highest BCUT2D eigenvalue weighted by Crippen LogP contribution is 2.13. The van der Waals surface area contributed by atoms with E-state index in [1.807, 2.05) is 12.1 Å². The zero-order valence-corrected chi connectivity index (χ0v) is 6.40. The first kappa shape index (κ1) is 6.97. The third kappa shape index (κ3) is 1.07. The van der Waals surface area contributed by atoms with Gasteiger partial charge in [0.1, 0.15) is 0 Å². The largest absolute Gasteiger partial charge is 0.348 e. The van der Waals surface area contributed by atoms with E-state index >= 15 is 0 Å². The standard InChI is InChI=1S/C8H7N3O/c12-8-10-5-6-11(8)7-1-3-9-4-2-7/h1-5H,6H2/p+1. The molecule has 0 fully saturated rings. The third-order valence-corrected chi connectivity index (χ3v) is 1.71. The number of pyridine rings is 1. The minimum Gasteiger partial charge on any atom is -0.287 e. The number of rotatable bonds is 1. The maximum absolute atomic E-state index is 11.1. The number of aliphatic imine (C=N–C) groups is 1. The molecule has 0 radical (unpaired) electrons. The zero-order chi connectivity index (χ0) is 8.39. The first-order valence-electron chi connectivity index (χ1n) is 3.68. The molecule has 2 amide bonds. The summed E-state index contributed by atoms with van der Waals surface area (Å²) in [5.41, 5.74) is 0.872. The van der Waals surface area contributed by atoms with E-state index in [2.05, 4.69) is 9.98 Å². The Bertz CT molecular complexity index is 320. The van der Waals surface area contributed by atoms with E-state index in [1.54, 1.807) is 23.5 Å². The quantitative estimate of drug-likeness (QED) is 0.593. The van der Waals surface area contributed by atoms with Crippen LogP contribution < -0.4 is 9.88 Å². The molecule has 0 aliphatic carbocycles. The maximum Gasteiger partial charge on any atom is 0.348 e. The summed E-state index contributed by atoms with van der Waals surface area (Å²) in [4.78, 5) is 19.2. The lowest BCUT2D eigenvalue weighted by Crippen LogP contribution is -2.24. The third-order valence-electron chi connectivity index (χ3n) is 1.71. The predicted octanol–water partition coefficient (Wildman–Crippen LogP) is 0.512. The fraction of sp³-hybridized carbons (Fsp3) is 0.125. The number of nitrogens with zero attached hydrogens (tertiary/aromatic N) is 2. The van der Waals surface area contributed by atoms with Gasteiger partial charge in [-0.05, 0) is 0 Å². The molecule has 1 aliphatic rings. The molecular formula is C8H8N3O+. The molecule has 1 aromatic rings. The molecule has 4 nitrogen and oxygen atoms in total. The second-order valence-corrected chi connectivity index (χ2v) is 2.46. The first-order valence-corrected chi connectivity index (χ1v) is 3.68. The molecule has 0 saturated heterocycles. The van der Waals surface area contributed by atoms with Gasteiger partial charge in [-0.1, -0.05) is 0 Å². The highest BCUT2D eigenvalue weighted by atomic mass is 16.2. The summed E-state index contributed by atoms with van der Waals surface area (Å²) in [6.07, 6.45) is 5.17. The van der Waals surface area contributed by atoms with Crippen LogP contribution in [0.25, 0.3) is 0 Å². The van der Waals surface area contributed by atoms with Crippen LogP contribution in [-0.2, 0) is 0 Å². The van der Waals surface area contributed by atoms with E-state index in [4.69, 9.17) is 0 Å². The van der Waals surface area contributed by atoms with Crippen molar-refractivity contribution in [3.05, 3.63) is 24.5 Å². The maximum atomic E-state index is 11.1. The minimum atomic E-state index is -0.193. The Labute approximate surface area is 69.6 Å². The van der Waals surface area contributed by atoms with Crippen LogP contribution in [0.3, 0.4) is 0 Å². The van der Waals surface area contributed by atoms with E-state index in [-0.39, 0.29) is 6.03 Å². The number of urea groups is 1. The molecule has 0 spiro atoms. The van der Waals surface area contributed by atoms with Crippen LogP contribution >= 0.6 is 0 Å². The Kier molecular flexibility index (Phi) is 1.59. The second-order valence-electron chi connectivity index (χ2n) is 2.46. The van der Waals surface area contributed by atoms with Crippen LogP contribution in [0.4, 0.5) is 10.5 Å². The molecule has 4 heteroatoms. The smallest absolute Gasteiger partial charge is 0.287 e. The van der Waals surface area contributed by atoms with Gasteiger partial charge in [-0.15, -0.1) is 0 Å². The number of nitrogens with one attached hydrogen (secondary N) is 1. The average molecular weight is 162 g/mol. The van der Waals surface area contributed by atoms with Gasteiger partial charge < -0.3 is 0 Å². The monoisotopic (exact) mass is 162 g/mol. The van der Waals surface area contributed by atoms with Gasteiger partial charge >= 0.3 is 6.03 Å². The lowest BCUT2D eigenvalue weighted by molar-refractivity contribution is -0.377. The second kappa shape index (κ2) is 2.73. The normalized spacial score (nSPS) is 15.7. The Balaban J connectivity index is 2.27. The molecular weight excluding hydrogens is 154 g/mol. The highest BCUT2D eigenvalue weighted by Gasteiger charge is 2.17. The topological polar surface area (TPSA) is 46.8 Å². The molecule has 0 unspecified atom stereocenters. The van der Waals surface area contributed by atoms with Gasteiger partial charge in [0.15, 0.2) is 12.4 Å². The summed E-state index contributed by atoms with van der Waals surface area (Å²) in [5.74, 6) is 0. The van der Waals surface area contributed by atoms with Crippen molar-refractivity contribution in [3.63, 3.8) is 0 Å². The Morgan fingerprint density at radius 2 is 2.17 bits per heavy atom. The van der Waals surface area contributed by atoms with Crippen LogP contribution in [0, 0.1) is 0 Å². The molecule has 0 saturated carbocycles. The van der Waals surface area contributed by atoms with Crippen molar-refractivity contribution >= 4 is 17.9 Å². The number of aromatic amines is 1. The summed E-state index contributed by atoms with van der Waals surface area (Å²) in [6, 6.07) is 3.49. The average Bonchev–Trinajstić information content (AvgIpc) is 2.53. The van der Waals surface area contributed by atoms with E-state index in [1.165, 1.54) is 0 Å². The van der Waals surface area contributed by atoms with Crippen LogP contribution in [-0.4, -0.2) is 18.8 Å². The number of hydrogen-bond donors (Lipinski definition) is 0. The zero-order valence-electron chi connectivity index (χ0n) is 6.40. The lowest BCUT2D eigenvalue weighted by atomic mass is 10.4. The van der Waals surface area contributed by atoms with Crippen molar-refractivity contribution in [1.29, 1.82) is 0 Å². The summed E-state index contributed by atoms with van der Waals surface area (Å²) in [5, 5.41) is 0. The Morgan fingerprint density at radius 1 is 1.42 bits per heavy atom. The minimum absolute atomic E-state index is 0.193. The molecule has 2 rings (SSSR count). The van der Waals surface area contributed by atoms with Gasteiger partial charge in [-0.3, -0.25) is 4.90 Å². The van der Waals surface area contributed by atoms with Crippen molar-refractivity contribution in [2.75, 3.05) is 11.4 Å².